The van der Waals surface area contributed by atoms with E-state index in [1.54, 1.807) is 0 Å². The number of hydrogen-bond donors (Lipinski definition) is 1. The fourth-order valence-corrected chi connectivity index (χ4v) is 4.73. The van der Waals surface area contributed by atoms with Gasteiger partial charge in [-0.25, -0.2) is 0 Å². The molecule has 1 saturated heterocycles. The van der Waals surface area contributed by atoms with Crippen LogP contribution < -0.4 is 10.6 Å². The van der Waals surface area contributed by atoms with E-state index in [1.165, 1.54) is 55.0 Å². The minimum atomic E-state index is 0.213. The van der Waals surface area contributed by atoms with Gasteiger partial charge in [0.1, 0.15) is 0 Å². The molecule has 18 heavy (non-hydrogen) atoms. The van der Waals surface area contributed by atoms with E-state index in [-0.39, 0.29) is 5.54 Å². The van der Waals surface area contributed by atoms with Gasteiger partial charge in [-0.3, -0.25) is 0 Å². The highest BCUT2D eigenvalue weighted by Crippen LogP contribution is 2.39. The first kappa shape index (κ1) is 12.4. The largest absolute Gasteiger partial charge is 0.363 e. The Morgan fingerprint density at radius 2 is 2.17 bits per heavy atom. The Balaban J connectivity index is 2.00. The molecule has 0 aliphatic carbocycles. The Kier molecular flexibility index (Phi) is 3.53. The number of anilines is 1. The molecule has 1 unspecified atom stereocenters. The maximum absolute atomic E-state index is 6.15. The van der Waals surface area contributed by atoms with E-state index in [0.717, 1.165) is 6.54 Å². The number of benzene rings is 1. The molecule has 1 atom stereocenters. The first-order valence-electron chi connectivity index (χ1n) is 6.99. The topological polar surface area (TPSA) is 29.3 Å². The minimum Gasteiger partial charge on any atom is -0.363 e. The van der Waals surface area contributed by atoms with E-state index >= 15 is 0 Å². The van der Waals surface area contributed by atoms with Crippen LogP contribution in [-0.2, 0) is 6.42 Å². The number of nitrogens with zero attached hydrogens (tertiary/aromatic N) is 1. The Morgan fingerprint density at radius 3 is 2.94 bits per heavy atom. The molecule has 3 heteroatoms. The van der Waals surface area contributed by atoms with Crippen molar-refractivity contribution in [3.05, 3.63) is 29.8 Å². The van der Waals surface area contributed by atoms with Gasteiger partial charge >= 0.3 is 0 Å². The Hall–Kier alpha value is -0.670. The molecule has 2 nitrogen and oxygen atoms in total. The summed E-state index contributed by atoms with van der Waals surface area (Å²) in [6, 6.07) is 8.92. The van der Waals surface area contributed by atoms with Crippen molar-refractivity contribution in [1.29, 1.82) is 0 Å². The Labute approximate surface area is 114 Å². The molecular weight excluding hydrogens is 240 g/mol. The predicted molar refractivity (Wildman–Crippen MR) is 80.5 cm³/mol. The molecule has 2 aliphatic heterocycles. The maximum Gasteiger partial charge on any atom is 0.0622 e. The lowest BCUT2D eigenvalue weighted by atomic mass is 9.94. The molecule has 2 heterocycles. The van der Waals surface area contributed by atoms with Crippen LogP contribution in [0.2, 0.25) is 0 Å². The third-order valence-corrected chi connectivity index (χ3v) is 5.63. The summed E-state index contributed by atoms with van der Waals surface area (Å²) in [5.41, 5.74) is 9.33. The van der Waals surface area contributed by atoms with Gasteiger partial charge in [0.15, 0.2) is 0 Å². The lowest BCUT2D eigenvalue weighted by molar-refractivity contribution is 0.437. The summed E-state index contributed by atoms with van der Waals surface area (Å²) >= 11 is 2.06. The molecule has 0 aromatic heterocycles. The summed E-state index contributed by atoms with van der Waals surface area (Å²) in [5, 5.41) is 0. The van der Waals surface area contributed by atoms with Crippen LogP contribution in [0.4, 0.5) is 5.69 Å². The molecule has 1 fully saturated rings. The summed E-state index contributed by atoms with van der Waals surface area (Å²) < 4.78 is 0. The number of nitrogens with two attached hydrogens (primary N) is 1. The summed E-state index contributed by atoms with van der Waals surface area (Å²) in [7, 11) is 0. The van der Waals surface area contributed by atoms with Gasteiger partial charge < -0.3 is 10.6 Å². The van der Waals surface area contributed by atoms with Crippen molar-refractivity contribution in [3.63, 3.8) is 0 Å². The second kappa shape index (κ2) is 5.14. The van der Waals surface area contributed by atoms with Gasteiger partial charge in [0, 0.05) is 24.5 Å². The summed E-state index contributed by atoms with van der Waals surface area (Å²) in [6.07, 6.45) is 5.06. The zero-order valence-electron chi connectivity index (χ0n) is 10.9. The summed E-state index contributed by atoms with van der Waals surface area (Å²) in [4.78, 5) is 2.63. The van der Waals surface area contributed by atoms with Crippen molar-refractivity contribution in [3.8, 4) is 0 Å². The van der Waals surface area contributed by atoms with Crippen molar-refractivity contribution in [1.82, 2.24) is 0 Å². The van der Waals surface area contributed by atoms with Crippen molar-refractivity contribution in [2.24, 2.45) is 5.73 Å². The zero-order chi connectivity index (χ0) is 12.4. The highest BCUT2D eigenvalue weighted by atomic mass is 32.2. The van der Waals surface area contributed by atoms with Gasteiger partial charge in [0.25, 0.3) is 0 Å². The number of aryl methyl sites for hydroxylation is 1. The van der Waals surface area contributed by atoms with Gasteiger partial charge in [-0.2, -0.15) is 11.8 Å². The van der Waals surface area contributed by atoms with Crippen LogP contribution in [0.5, 0.6) is 0 Å². The number of hydrogen-bond acceptors (Lipinski definition) is 3. The smallest absolute Gasteiger partial charge is 0.0622 e. The van der Waals surface area contributed by atoms with Crippen LogP contribution in [0.3, 0.4) is 0 Å². The quantitative estimate of drug-likeness (QED) is 0.888. The molecule has 1 aromatic carbocycles. The first-order chi connectivity index (χ1) is 8.86. The van der Waals surface area contributed by atoms with E-state index in [0.29, 0.717) is 0 Å². The standard InChI is InChI=1S/C15H22N2S/c16-11-15(8-10-18-12-15)17-9-4-3-6-13-5-1-2-7-14(13)17/h1-2,5,7H,3-4,6,8-12,16H2. The van der Waals surface area contributed by atoms with Gasteiger partial charge in [0.05, 0.1) is 5.54 Å². The molecule has 2 aliphatic rings. The van der Waals surface area contributed by atoms with Gasteiger partial charge in [-0.15, -0.1) is 0 Å². The van der Waals surface area contributed by atoms with E-state index in [4.69, 9.17) is 5.73 Å². The fraction of sp³-hybridized carbons (Fsp3) is 0.600. The van der Waals surface area contributed by atoms with Crippen LogP contribution in [0.1, 0.15) is 24.8 Å². The second-order valence-corrected chi connectivity index (χ2v) is 6.57. The van der Waals surface area contributed by atoms with Crippen molar-refractivity contribution in [2.75, 3.05) is 29.5 Å². The number of fused-ring (bicyclic) bond motifs is 1. The predicted octanol–water partition coefficient (Wildman–Crippen LogP) is 2.66. The third kappa shape index (κ3) is 2.04. The molecule has 0 radical (unpaired) electrons. The van der Waals surface area contributed by atoms with Crippen LogP contribution in [0.25, 0.3) is 0 Å². The van der Waals surface area contributed by atoms with E-state index in [9.17, 15) is 0 Å². The maximum atomic E-state index is 6.15. The lowest BCUT2D eigenvalue weighted by Gasteiger charge is -2.42. The Bertz CT molecular complexity index is 413. The monoisotopic (exact) mass is 262 g/mol. The summed E-state index contributed by atoms with van der Waals surface area (Å²) in [5.74, 6) is 2.45. The van der Waals surface area contributed by atoms with Crippen molar-refractivity contribution >= 4 is 17.4 Å². The van der Waals surface area contributed by atoms with E-state index in [1.807, 2.05) is 0 Å². The molecule has 0 bridgehead atoms. The molecule has 0 spiro atoms. The lowest BCUT2D eigenvalue weighted by Crippen LogP contribution is -2.55. The molecular formula is C15H22N2S. The zero-order valence-corrected chi connectivity index (χ0v) is 11.7. The van der Waals surface area contributed by atoms with Gasteiger partial charge in [0.2, 0.25) is 0 Å². The SMILES string of the molecule is NCC1(N2CCCCc3ccccc32)CCSC1. The van der Waals surface area contributed by atoms with Crippen molar-refractivity contribution in [2.45, 2.75) is 31.2 Å². The highest BCUT2D eigenvalue weighted by molar-refractivity contribution is 7.99. The summed E-state index contributed by atoms with van der Waals surface area (Å²) in [6.45, 7) is 1.96. The molecule has 0 saturated carbocycles. The minimum absolute atomic E-state index is 0.213. The molecule has 2 N–H and O–H groups in total. The first-order valence-corrected chi connectivity index (χ1v) is 8.15. The normalized spacial score (nSPS) is 27.9. The van der Waals surface area contributed by atoms with Crippen LogP contribution in [0, 0.1) is 0 Å². The highest BCUT2D eigenvalue weighted by Gasteiger charge is 2.39. The fourth-order valence-electron chi connectivity index (χ4n) is 3.26. The third-order valence-electron chi connectivity index (χ3n) is 4.40. The van der Waals surface area contributed by atoms with Crippen molar-refractivity contribution < 1.29 is 0 Å². The van der Waals surface area contributed by atoms with Crippen LogP contribution >= 0.6 is 11.8 Å². The van der Waals surface area contributed by atoms with E-state index < -0.39 is 0 Å². The molecule has 98 valence electrons. The molecule has 1 aromatic rings. The average Bonchev–Trinajstić information content (AvgIpc) is 2.80. The number of rotatable bonds is 2. The van der Waals surface area contributed by atoms with Crippen LogP contribution in [-0.4, -0.2) is 30.1 Å². The number of para-hydroxylation sites is 1. The van der Waals surface area contributed by atoms with E-state index in [2.05, 4.69) is 40.9 Å². The molecule has 3 rings (SSSR count). The van der Waals surface area contributed by atoms with Crippen LogP contribution in [0.15, 0.2) is 24.3 Å². The molecule has 0 amide bonds. The van der Waals surface area contributed by atoms with Gasteiger partial charge in [-0.05, 0) is 43.1 Å². The Morgan fingerprint density at radius 1 is 1.28 bits per heavy atom. The van der Waals surface area contributed by atoms with Gasteiger partial charge in [-0.1, -0.05) is 18.2 Å². The number of thioether (sulfide) groups is 1. The second-order valence-electron chi connectivity index (χ2n) is 5.47. The average molecular weight is 262 g/mol.